The number of methoxy groups -OCH3 is 1. The van der Waals surface area contributed by atoms with Crippen LogP contribution in [0, 0.1) is 6.92 Å². The molecule has 0 atom stereocenters. The maximum absolute atomic E-state index is 13.8. The Kier molecular flexibility index (Phi) is 9.01. The third kappa shape index (κ3) is 6.88. The van der Waals surface area contributed by atoms with E-state index in [0.29, 0.717) is 24.5 Å². The maximum Gasteiger partial charge on any atom is 0.322 e. The summed E-state index contributed by atoms with van der Waals surface area (Å²) in [7, 11) is 1.58. The van der Waals surface area contributed by atoms with Gasteiger partial charge in [0.25, 0.3) is 0 Å². The quantitative estimate of drug-likeness (QED) is 0.363. The van der Waals surface area contributed by atoms with Gasteiger partial charge in [0, 0.05) is 22.3 Å². The zero-order valence-corrected chi connectivity index (χ0v) is 21.9. The standard InChI is InChI=1S/C29H35N3O3S/c1-22-17-18-25(36-22)20-31(19-23-11-5-3-6-12-23)28(33)21-32(24-13-7-4-8-14-24)29(34)30-26-15-9-10-16-27(26)35-2/h3,5-6,9-12,15-18,24H,4,7-8,13-14,19-21H2,1-2H3,(H,30,34). The minimum Gasteiger partial charge on any atom is -0.495 e. The molecule has 1 saturated carbocycles. The highest BCUT2D eigenvalue weighted by molar-refractivity contribution is 7.11. The third-order valence-corrected chi connectivity index (χ3v) is 7.63. The predicted molar refractivity (Wildman–Crippen MR) is 145 cm³/mol. The molecule has 1 heterocycles. The zero-order chi connectivity index (χ0) is 25.3. The molecule has 0 spiro atoms. The largest absolute Gasteiger partial charge is 0.495 e. The van der Waals surface area contributed by atoms with Crippen LogP contribution in [0.5, 0.6) is 5.75 Å². The first-order chi connectivity index (χ1) is 17.5. The number of anilines is 1. The molecule has 0 radical (unpaired) electrons. The molecular formula is C29H35N3O3S. The minimum atomic E-state index is -0.258. The van der Waals surface area contributed by atoms with Crippen LogP contribution in [0.25, 0.3) is 0 Å². The molecule has 6 nitrogen and oxygen atoms in total. The number of urea groups is 1. The van der Waals surface area contributed by atoms with E-state index in [0.717, 1.165) is 36.1 Å². The SMILES string of the molecule is COc1ccccc1NC(=O)N(CC(=O)N(Cc1ccccc1)Cc1ccc(C)s1)C1CCCCC1. The van der Waals surface area contributed by atoms with Crippen LogP contribution in [0.2, 0.25) is 0 Å². The van der Waals surface area contributed by atoms with Gasteiger partial charge in [0.1, 0.15) is 12.3 Å². The molecule has 2 aromatic carbocycles. The molecule has 0 aliphatic heterocycles. The second kappa shape index (κ2) is 12.6. The van der Waals surface area contributed by atoms with Gasteiger partial charge in [-0.15, -0.1) is 11.3 Å². The monoisotopic (exact) mass is 505 g/mol. The number of carbonyl (C=O) groups is 2. The number of benzene rings is 2. The van der Waals surface area contributed by atoms with Gasteiger partial charge in [-0.25, -0.2) is 4.79 Å². The first kappa shape index (κ1) is 25.8. The zero-order valence-electron chi connectivity index (χ0n) is 21.1. The molecule has 1 aliphatic carbocycles. The molecule has 1 aliphatic rings. The Morgan fingerprint density at radius 2 is 1.67 bits per heavy atom. The van der Waals surface area contributed by atoms with Crippen molar-refractivity contribution in [1.82, 2.24) is 9.80 Å². The fourth-order valence-corrected chi connectivity index (χ4v) is 5.64. The molecule has 1 fully saturated rings. The number of aryl methyl sites for hydroxylation is 1. The van der Waals surface area contributed by atoms with E-state index in [1.165, 1.54) is 11.3 Å². The van der Waals surface area contributed by atoms with Crippen molar-refractivity contribution in [3.8, 4) is 5.75 Å². The molecule has 36 heavy (non-hydrogen) atoms. The Bertz CT molecular complexity index is 1140. The smallest absolute Gasteiger partial charge is 0.322 e. The Labute approximate surface area is 217 Å². The number of ether oxygens (including phenoxy) is 1. The summed E-state index contributed by atoms with van der Waals surface area (Å²) in [5.41, 5.74) is 1.68. The van der Waals surface area contributed by atoms with Crippen LogP contribution in [0.15, 0.2) is 66.7 Å². The van der Waals surface area contributed by atoms with Gasteiger partial charge in [0.2, 0.25) is 5.91 Å². The van der Waals surface area contributed by atoms with E-state index < -0.39 is 0 Å². The molecule has 3 amide bonds. The number of hydrogen-bond acceptors (Lipinski definition) is 4. The average molecular weight is 506 g/mol. The van der Waals surface area contributed by atoms with Crippen molar-refractivity contribution in [2.24, 2.45) is 0 Å². The van der Waals surface area contributed by atoms with Crippen LogP contribution in [-0.2, 0) is 17.9 Å². The number of rotatable bonds is 9. The molecule has 1 aromatic heterocycles. The molecule has 0 saturated heterocycles. The van der Waals surface area contributed by atoms with Gasteiger partial charge in [0.05, 0.1) is 19.3 Å². The minimum absolute atomic E-state index is 0.0416. The molecule has 4 rings (SSSR count). The van der Waals surface area contributed by atoms with Gasteiger partial charge in [0.15, 0.2) is 0 Å². The summed E-state index contributed by atoms with van der Waals surface area (Å²) in [6, 6.07) is 21.3. The van der Waals surface area contributed by atoms with E-state index in [1.54, 1.807) is 23.3 Å². The van der Waals surface area contributed by atoms with Crippen LogP contribution < -0.4 is 10.1 Å². The number of thiophene rings is 1. The Morgan fingerprint density at radius 1 is 0.944 bits per heavy atom. The maximum atomic E-state index is 13.8. The summed E-state index contributed by atoms with van der Waals surface area (Å²) in [4.78, 5) is 33.3. The van der Waals surface area contributed by atoms with Gasteiger partial charge in [-0.2, -0.15) is 0 Å². The highest BCUT2D eigenvalue weighted by Crippen LogP contribution is 2.27. The number of amides is 3. The first-order valence-electron chi connectivity index (χ1n) is 12.6. The highest BCUT2D eigenvalue weighted by atomic mass is 32.1. The number of para-hydroxylation sites is 2. The third-order valence-electron chi connectivity index (χ3n) is 6.64. The van der Waals surface area contributed by atoms with Crippen LogP contribution in [0.1, 0.15) is 47.4 Å². The summed E-state index contributed by atoms with van der Waals surface area (Å²) < 4.78 is 5.42. The van der Waals surface area contributed by atoms with Crippen molar-refractivity contribution in [2.75, 3.05) is 19.0 Å². The fraction of sp³-hybridized carbons (Fsp3) is 0.379. The van der Waals surface area contributed by atoms with E-state index in [-0.39, 0.29) is 24.5 Å². The lowest BCUT2D eigenvalue weighted by atomic mass is 9.94. The van der Waals surface area contributed by atoms with Crippen molar-refractivity contribution in [3.63, 3.8) is 0 Å². The van der Waals surface area contributed by atoms with Gasteiger partial charge < -0.3 is 19.9 Å². The fourth-order valence-electron chi connectivity index (χ4n) is 4.73. The van der Waals surface area contributed by atoms with Crippen molar-refractivity contribution >= 4 is 29.0 Å². The molecule has 1 N–H and O–H groups in total. The Hall–Kier alpha value is -3.32. The van der Waals surface area contributed by atoms with Crippen molar-refractivity contribution in [2.45, 2.75) is 58.2 Å². The van der Waals surface area contributed by atoms with Gasteiger partial charge in [-0.05, 0) is 49.6 Å². The van der Waals surface area contributed by atoms with Crippen molar-refractivity contribution in [3.05, 3.63) is 82.0 Å². The average Bonchev–Trinajstić information content (AvgIpc) is 3.32. The molecule has 0 unspecified atom stereocenters. The van der Waals surface area contributed by atoms with Crippen molar-refractivity contribution in [1.29, 1.82) is 0 Å². The first-order valence-corrected chi connectivity index (χ1v) is 13.4. The normalized spacial score (nSPS) is 13.7. The number of carbonyl (C=O) groups excluding carboxylic acids is 2. The lowest BCUT2D eigenvalue weighted by Crippen LogP contribution is -2.49. The molecule has 0 bridgehead atoms. The number of hydrogen-bond donors (Lipinski definition) is 1. The molecule has 190 valence electrons. The van der Waals surface area contributed by atoms with Crippen molar-refractivity contribution < 1.29 is 14.3 Å². The van der Waals surface area contributed by atoms with E-state index in [2.05, 4.69) is 24.4 Å². The lowest BCUT2D eigenvalue weighted by molar-refractivity contribution is -0.133. The summed E-state index contributed by atoms with van der Waals surface area (Å²) in [6.45, 7) is 3.15. The van der Waals surface area contributed by atoms with Crippen LogP contribution in [0.4, 0.5) is 10.5 Å². The van der Waals surface area contributed by atoms with Crippen LogP contribution in [0.3, 0.4) is 0 Å². The Morgan fingerprint density at radius 3 is 2.36 bits per heavy atom. The van der Waals surface area contributed by atoms with Gasteiger partial charge in [-0.3, -0.25) is 4.79 Å². The van der Waals surface area contributed by atoms with E-state index in [9.17, 15) is 9.59 Å². The van der Waals surface area contributed by atoms with Crippen LogP contribution in [-0.4, -0.2) is 41.4 Å². The number of nitrogens with one attached hydrogen (secondary N) is 1. The van der Waals surface area contributed by atoms with E-state index in [1.807, 2.05) is 59.5 Å². The number of nitrogens with zero attached hydrogens (tertiary/aromatic N) is 2. The van der Waals surface area contributed by atoms with E-state index >= 15 is 0 Å². The Balaban J connectivity index is 1.55. The summed E-state index contributed by atoms with van der Waals surface area (Å²) in [6.07, 6.45) is 5.13. The van der Waals surface area contributed by atoms with Gasteiger partial charge in [-0.1, -0.05) is 61.7 Å². The van der Waals surface area contributed by atoms with E-state index in [4.69, 9.17) is 4.74 Å². The van der Waals surface area contributed by atoms with Gasteiger partial charge >= 0.3 is 6.03 Å². The lowest BCUT2D eigenvalue weighted by Gasteiger charge is -2.35. The summed E-state index contributed by atoms with van der Waals surface area (Å²) >= 11 is 1.70. The van der Waals surface area contributed by atoms with Crippen LogP contribution >= 0.6 is 11.3 Å². The topological polar surface area (TPSA) is 61.9 Å². The molecular weight excluding hydrogens is 470 g/mol. The second-order valence-electron chi connectivity index (χ2n) is 9.30. The molecule has 7 heteroatoms. The summed E-state index contributed by atoms with van der Waals surface area (Å²) in [5.74, 6) is 0.546. The highest BCUT2D eigenvalue weighted by Gasteiger charge is 2.30. The second-order valence-corrected chi connectivity index (χ2v) is 10.7. The predicted octanol–water partition coefficient (Wildman–Crippen LogP) is 6.46. The molecule has 3 aromatic rings. The summed E-state index contributed by atoms with van der Waals surface area (Å²) in [5, 5.41) is 3.00.